The van der Waals surface area contributed by atoms with Gasteiger partial charge in [-0.15, -0.1) is 0 Å². The lowest BCUT2D eigenvalue weighted by Gasteiger charge is -2.28. The second kappa shape index (κ2) is 21.2. The van der Waals surface area contributed by atoms with Crippen LogP contribution in [0.3, 0.4) is 0 Å². The van der Waals surface area contributed by atoms with Gasteiger partial charge in [-0.25, -0.2) is 0 Å². The molecule has 0 spiro atoms. The van der Waals surface area contributed by atoms with Crippen molar-refractivity contribution in [3.8, 4) is 5.75 Å². The molecular formula is C28H54NO+. The van der Waals surface area contributed by atoms with E-state index in [1.165, 1.54) is 107 Å². The van der Waals surface area contributed by atoms with Crippen LogP contribution in [0, 0.1) is 0 Å². The fraction of sp³-hybridized carbons (Fsp3) is 0.786. The van der Waals surface area contributed by atoms with E-state index in [2.05, 4.69) is 34.9 Å². The number of hydrogen-bond acceptors (Lipinski definition) is 1. The third-order valence-corrected chi connectivity index (χ3v) is 5.98. The molecule has 0 radical (unpaired) electrons. The van der Waals surface area contributed by atoms with Crippen LogP contribution in [0.25, 0.3) is 0 Å². The van der Waals surface area contributed by atoms with Crippen molar-refractivity contribution in [3.05, 3.63) is 30.3 Å². The molecule has 0 amide bonds. The van der Waals surface area contributed by atoms with Gasteiger partial charge in [0, 0.05) is 0 Å². The predicted octanol–water partition coefficient (Wildman–Crippen LogP) is 8.65. The molecular weight excluding hydrogens is 366 g/mol. The van der Waals surface area contributed by atoms with Crippen LogP contribution < -0.4 is 4.74 Å². The standard InChI is InChI=1S/C16H36N.C12H18O/c1-5-7-8-9-10-11-12-13-14-15-16-17(3,4)6-2;1-2-3-4-8-11-13-12-9-6-5-7-10-12/h5-16H2,1-4H3;5-7,9-10H,2-4,8,11H2,1H3/q+1;. The Balaban J connectivity index is 0.000000579. The van der Waals surface area contributed by atoms with Crippen LogP contribution >= 0.6 is 0 Å². The van der Waals surface area contributed by atoms with E-state index in [4.69, 9.17) is 4.74 Å². The molecule has 0 saturated heterocycles. The molecule has 0 aliphatic carbocycles. The van der Waals surface area contributed by atoms with Crippen molar-refractivity contribution in [2.45, 2.75) is 111 Å². The van der Waals surface area contributed by atoms with Crippen molar-refractivity contribution in [3.63, 3.8) is 0 Å². The zero-order valence-electron chi connectivity index (χ0n) is 21.3. The Kier molecular flexibility index (Phi) is 20.5. The molecule has 0 aliphatic rings. The summed E-state index contributed by atoms with van der Waals surface area (Å²) in [6.07, 6.45) is 19.5. The zero-order valence-corrected chi connectivity index (χ0v) is 21.3. The Bertz CT molecular complexity index is 443. The summed E-state index contributed by atoms with van der Waals surface area (Å²) in [5.74, 6) is 0.985. The van der Waals surface area contributed by atoms with Crippen LogP contribution in [0.5, 0.6) is 5.75 Å². The quantitative estimate of drug-likeness (QED) is 0.170. The summed E-state index contributed by atoms with van der Waals surface area (Å²) in [5.41, 5.74) is 0. The third-order valence-electron chi connectivity index (χ3n) is 5.98. The SMILES string of the molecule is CCCCCCCCCCCC[N+](C)(C)CC.CCCCCCOc1ccccc1. The van der Waals surface area contributed by atoms with Gasteiger partial charge in [0.1, 0.15) is 5.75 Å². The Morgan fingerprint density at radius 3 is 1.57 bits per heavy atom. The highest BCUT2D eigenvalue weighted by Gasteiger charge is 2.09. The van der Waals surface area contributed by atoms with Crippen LogP contribution in [0.15, 0.2) is 30.3 Å². The molecule has 0 unspecified atom stereocenters. The van der Waals surface area contributed by atoms with Crippen LogP contribution in [0.2, 0.25) is 0 Å². The number of quaternary nitrogens is 1. The van der Waals surface area contributed by atoms with E-state index >= 15 is 0 Å². The molecule has 1 aromatic rings. The minimum Gasteiger partial charge on any atom is -0.494 e. The molecule has 0 bridgehead atoms. The van der Waals surface area contributed by atoms with Gasteiger partial charge in [-0.2, -0.15) is 0 Å². The molecule has 1 rings (SSSR count). The van der Waals surface area contributed by atoms with Crippen LogP contribution in [0.1, 0.15) is 111 Å². The maximum absolute atomic E-state index is 5.55. The first-order chi connectivity index (χ1) is 14.6. The van der Waals surface area contributed by atoms with Gasteiger partial charge in [-0.1, -0.05) is 103 Å². The Labute approximate surface area is 190 Å². The molecule has 0 aromatic heterocycles. The van der Waals surface area contributed by atoms with Crippen LogP contribution in [-0.4, -0.2) is 38.3 Å². The molecule has 0 saturated carbocycles. The topological polar surface area (TPSA) is 9.23 Å². The van der Waals surface area contributed by atoms with Gasteiger partial charge in [0.05, 0.1) is 33.8 Å². The molecule has 0 aliphatic heterocycles. The lowest BCUT2D eigenvalue weighted by Crippen LogP contribution is -2.39. The number of rotatable bonds is 18. The number of unbranched alkanes of at least 4 members (excludes halogenated alkanes) is 12. The minimum atomic E-state index is 0.851. The summed E-state index contributed by atoms with van der Waals surface area (Å²) in [7, 11) is 4.68. The van der Waals surface area contributed by atoms with Gasteiger partial charge in [0.25, 0.3) is 0 Å². The maximum Gasteiger partial charge on any atom is 0.119 e. The van der Waals surface area contributed by atoms with Gasteiger partial charge in [0.15, 0.2) is 0 Å². The lowest BCUT2D eigenvalue weighted by atomic mass is 10.1. The Morgan fingerprint density at radius 2 is 1.07 bits per heavy atom. The van der Waals surface area contributed by atoms with Gasteiger partial charge in [-0.05, 0) is 38.3 Å². The average molecular weight is 421 g/mol. The average Bonchev–Trinajstić information content (AvgIpc) is 2.76. The van der Waals surface area contributed by atoms with Gasteiger partial charge < -0.3 is 9.22 Å². The second-order valence-electron chi connectivity index (χ2n) is 9.38. The first-order valence-corrected chi connectivity index (χ1v) is 13.1. The van der Waals surface area contributed by atoms with Crippen LogP contribution in [-0.2, 0) is 0 Å². The monoisotopic (exact) mass is 420 g/mol. The molecule has 2 heteroatoms. The number of nitrogens with zero attached hydrogens (tertiary/aromatic N) is 1. The third kappa shape index (κ3) is 20.3. The maximum atomic E-state index is 5.55. The second-order valence-corrected chi connectivity index (χ2v) is 9.38. The van der Waals surface area contributed by atoms with Gasteiger partial charge in [-0.3, -0.25) is 0 Å². The zero-order chi connectivity index (χ0) is 22.3. The van der Waals surface area contributed by atoms with Crippen molar-refractivity contribution in [2.24, 2.45) is 0 Å². The smallest absolute Gasteiger partial charge is 0.119 e. The molecule has 0 fully saturated rings. The summed E-state index contributed by atoms with van der Waals surface area (Å²) < 4.78 is 6.74. The molecule has 2 nitrogen and oxygen atoms in total. The van der Waals surface area contributed by atoms with Crippen molar-refractivity contribution in [1.29, 1.82) is 0 Å². The molecule has 1 aromatic carbocycles. The van der Waals surface area contributed by atoms with Crippen molar-refractivity contribution in [2.75, 3.05) is 33.8 Å². The first-order valence-electron chi connectivity index (χ1n) is 13.1. The summed E-state index contributed by atoms with van der Waals surface area (Å²) in [6, 6.07) is 10.0. The predicted molar refractivity (Wildman–Crippen MR) is 135 cm³/mol. The highest BCUT2D eigenvalue weighted by atomic mass is 16.5. The highest BCUT2D eigenvalue weighted by Crippen LogP contribution is 2.11. The Morgan fingerprint density at radius 1 is 0.600 bits per heavy atom. The number of ether oxygens (including phenoxy) is 1. The molecule has 30 heavy (non-hydrogen) atoms. The number of hydrogen-bond donors (Lipinski definition) is 0. The van der Waals surface area contributed by atoms with Gasteiger partial charge >= 0.3 is 0 Å². The molecule has 0 atom stereocenters. The highest BCUT2D eigenvalue weighted by molar-refractivity contribution is 5.20. The lowest BCUT2D eigenvalue weighted by molar-refractivity contribution is -0.888. The van der Waals surface area contributed by atoms with E-state index in [9.17, 15) is 0 Å². The van der Waals surface area contributed by atoms with E-state index in [1.54, 1.807) is 0 Å². The summed E-state index contributed by atoms with van der Waals surface area (Å²) in [5, 5.41) is 0. The van der Waals surface area contributed by atoms with E-state index < -0.39 is 0 Å². The molecule has 0 N–H and O–H groups in total. The molecule has 176 valence electrons. The number of para-hydroxylation sites is 1. The largest absolute Gasteiger partial charge is 0.494 e. The summed E-state index contributed by atoms with van der Waals surface area (Å²) >= 11 is 0. The van der Waals surface area contributed by atoms with Crippen molar-refractivity contribution >= 4 is 0 Å². The van der Waals surface area contributed by atoms with Crippen molar-refractivity contribution in [1.82, 2.24) is 0 Å². The van der Waals surface area contributed by atoms with E-state index in [1.807, 2.05) is 30.3 Å². The molecule has 0 heterocycles. The van der Waals surface area contributed by atoms with Crippen molar-refractivity contribution < 1.29 is 9.22 Å². The summed E-state index contributed by atoms with van der Waals surface area (Å²) in [6.45, 7) is 10.3. The summed E-state index contributed by atoms with van der Waals surface area (Å²) in [4.78, 5) is 0. The first kappa shape index (κ1) is 29.0. The normalized spacial score (nSPS) is 11.1. The van der Waals surface area contributed by atoms with Crippen LogP contribution in [0.4, 0.5) is 0 Å². The van der Waals surface area contributed by atoms with E-state index in [-0.39, 0.29) is 0 Å². The number of benzene rings is 1. The fourth-order valence-electron chi connectivity index (χ4n) is 3.42. The van der Waals surface area contributed by atoms with E-state index in [0.717, 1.165) is 12.4 Å². The minimum absolute atomic E-state index is 0.851. The van der Waals surface area contributed by atoms with Gasteiger partial charge in [0.2, 0.25) is 0 Å². The van der Waals surface area contributed by atoms with E-state index in [0.29, 0.717) is 0 Å². The Hall–Kier alpha value is -1.02. The fourth-order valence-corrected chi connectivity index (χ4v) is 3.42.